The molecule has 1 unspecified atom stereocenters. The predicted octanol–water partition coefficient (Wildman–Crippen LogP) is 4.85. The summed E-state index contributed by atoms with van der Waals surface area (Å²) >= 11 is 2.26. The lowest BCUT2D eigenvalue weighted by atomic mass is 10.0. The van der Waals surface area contributed by atoms with Gasteiger partial charge in [-0.05, 0) is 65.3 Å². The molecule has 0 aliphatic carbocycles. The van der Waals surface area contributed by atoms with Crippen LogP contribution in [0.15, 0.2) is 48.5 Å². The number of halogens is 1. The highest BCUT2D eigenvalue weighted by Gasteiger charge is 2.15. The van der Waals surface area contributed by atoms with Crippen LogP contribution in [0.3, 0.4) is 0 Å². The second-order valence-electron chi connectivity index (χ2n) is 5.61. The lowest BCUT2D eigenvalue weighted by Gasteiger charge is -2.18. The lowest BCUT2D eigenvalue weighted by Crippen LogP contribution is -2.32. The van der Waals surface area contributed by atoms with Gasteiger partial charge in [0.05, 0.1) is 0 Å². The Morgan fingerprint density at radius 2 is 1.77 bits per heavy atom. The number of nitrogens with one attached hydrogen (secondary N) is 2. The molecule has 0 aliphatic rings. The highest BCUT2D eigenvalue weighted by atomic mass is 127. The van der Waals surface area contributed by atoms with Crippen LogP contribution in [0.1, 0.15) is 32.3 Å². The summed E-state index contributed by atoms with van der Waals surface area (Å²) in [5.74, 6) is 0.336. The van der Waals surface area contributed by atoms with Crippen molar-refractivity contribution in [2.45, 2.75) is 32.7 Å². The van der Waals surface area contributed by atoms with Gasteiger partial charge in [0.1, 0.15) is 6.04 Å². The minimum atomic E-state index is -0.307. The highest BCUT2D eigenvalue weighted by Crippen LogP contribution is 2.24. The second kappa shape index (κ2) is 7.63. The van der Waals surface area contributed by atoms with E-state index in [1.54, 1.807) is 0 Å². The first-order chi connectivity index (χ1) is 10.5. The van der Waals surface area contributed by atoms with Crippen molar-refractivity contribution in [2.24, 2.45) is 0 Å². The first-order valence-corrected chi connectivity index (χ1v) is 8.47. The minimum Gasteiger partial charge on any atom is -0.374 e. The predicted molar refractivity (Wildman–Crippen MR) is 101 cm³/mol. The molecule has 2 aromatic rings. The van der Waals surface area contributed by atoms with Gasteiger partial charge in [0.25, 0.3) is 0 Å². The molecular formula is C18H21IN2O. The molecule has 0 fully saturated rings. The number of anilines is 2. The van der Waals surface area contributed by atoms with Crippen LogP contribution in [-0.2, 0) is 4.79 Å². The summed E-state index contributed by atoms with van der Waals surface area (Å²) in [5.41, 5.74) is 2.99. The molecule has 1 atom stereocenters. The normalized spacial score (nSPS) is 12.0. The van der Waals surface area contributed by atoms with Gasteiger partial charge in [-0.25, -0.2) is 0 Å². The molecule has 2 N–H and O–H groups in total. The fraction of sp³-hybridized carbons (Fsp3) is 0.278. The van der Waals surface area contributed by atoms with E-state index in [1.165, 1.54) is 0 Å². The zero-order chi connectivity index (χ0) is 16.1. The average molecular weight is 408 g/mol. The standard InChI is InChI=1S/C18H21IN2O/c1-12(2)16-9-4-5-10-17(16)21-18(22)13(3)20-15-8-6-7-14(19)11-15/h4-13,20H,1-3H3,(H,21,22). The molecule has 0 aromatic heterocycles. The number of amides is 1. The van der Waals surface area contributed by atoms with E-state index < -0.39 is 0 Å². The lowest BCUT2D eigenvalue weighted by molar-refractivity contribution is -0.116. The number of carbonyl (C=O) groups is 1. The quantitative estimate of drug-likeness (QED) is 0.695. The molecule has 116 valence electrons. The third-order valence-electron chi connectivity index (χ3n) is 3.44. The summed E-state index contributed by atoms with van der Waals surface area (Å²) in [6.07, 6.45) is 0. The Morgan fingerprint density at radius 3 is 2.45 bits per heavy atom. The number of hydrogen-bond acceptors (Lipinski definition) is 2. The van der Waals surface area contributed by atoms with Crippen LogP contribution in [0, 0.1) is 3.57 Å². The van der Waals surface area contributed by atoms with Gasteiger partial charge in [0.15, 0.2) is 0 Å². The molecule has 4 heteroatoms. The van der Waals surface area contributed by atoms with E-state index in [0.717, 1.165) is 20.5 Å². The van der Waals surface area contributed by atoms with Crippen LogP contribution >= 0.6 is 22.6 Å². The molecule has 0 radical (unpaired) electrons. The Morgan fingerprint density at radius 1 is 1.05 bits per heavy atom. The van der Waals surface area contributed by atoms with Crippen molar-refractivity contribution in [3.05, 3.63) is 57.7 Å². The molecule has 2 aromatic carbocycles. The Balaban J connectivity index is 2.06. The van der Waals surface area contributed by atoms with Crippen LogP contribution in [0.25, 0.3) is 0 Å². The Hall–Kier alpha value is -1.56. The molecule has 2 rings (SSSR count). The van der Waals surface area contributed by atoms with Crippen molar-refractivity contribution in [1.82, 2.24) is 0 Å². The van der Waals surface area contributed by atoms with E-state index in [-0.39, 0.29) is 11.9 Å². The summed E-state index contributed by atoms with van der Waals surface area (Å²) in [6, 6.07) is 15.6. The van der Waals surface area contributed by atoms with Crippen LogP contribution in [0.2, 0.25) is 0 Å². The molecule has 0 aliphatic heterocycles. The molecule has 22 heavy (non-hydrogen) atoms. The van der Waals surface area contributed by atoms with Gasteiger partial charge in [-0.3, -0.25) is 4.79 Å². The van der Waals surface area contributed by atoms with E-state index in [1.807, 2.05) is 49.4 Å². The van der Waals surface area contributed by atoms with Crippen molar-refractivity contribution < 1.29 is 4.79 Å². The molecule has 0 saturated heterocycles. The minimum absolute atomic E-state index is 0.0352. The SMILES string of the molecule is CC(Nc1cccc(I)c1)C(=O)Nc1ccccc1C(C)C. The molecular weight excluding hydrogens is 387 g/mol. The Kier molecular flexibility index (Phi) is 5.83. The summed E-state index contributed by atoms with van der Waals surface area (Å²) in [7, 11) is 0. The van der Waals surface area contributed by atoms with Gasteiger partial charge >= 0.3 is 0 Å². The fourth-order valence-electron chi connectivity index (χ4n) is 2.25. The summed E-state index contributed by atoms with van der Waals surface area (Å²) < 4.78 is 1.14. The molecule has 0 spiro atoms. The summed E-state index contributed by atoms with van der Waals surface area (Å²) in [4.78, 5) is 12.4. The molecule has 1 amide bonds. The second-order valence-corrected chi connectivity index (χ2v) is 6.85. The van der Waals surface area contributed by atoms with E-state index in [4.69, 9.17) is 0 Å². The smallest absolute Gasteiger partial charge is 0.246 e. The number of carbonyl (C=O) groups excluding carboxylic acids is 1. The summed E-state index contributed by atoms with van der Waals surface area (Å²) in [6.45, 7) is 6.12. The maximum absolute atomic E-state index is 12.4. The van der Waals surface area contributed by atoms with Crippen LogP contribution in [0.5, 0.6) is 0 Å². The maximum atomic E-state index is 12.4. The fourth-order valence-corrected chi connectivity index (χ4v) is 2.79. The number of hydrogen-bond donors (Lipinski definition) is 2. The van der Waals surface area contributed by atoms with Gasteiger partial charge in [-0.15, -0.1) is 0 Å². The third kappa shape index (κ3) is 4.47. The third-order valence-corrected chi connectivity index (χ3v) is 4.11. The van der Waals surface area contributed by atoms with E-state index in [9.17, 15) is 4.79 Å². The van der Waals surface area contributed by atoms with Crippen molar-refractivity contribution in [1.29, 1.82) is 0 Å². The highest BCUT2D eigenvalue weighted by molar-refractivity contribution is 14.1. The Labute approximate surface area is 145 Å². The van der Waals surface area contributed by atoms with Crippen LogP contribution < -0.4 is 10.6 Å². The summed E-state index contributed by atoms with van der Waals surface area (Å²) in [5, 5.41) is 6.26. The van der Waals surface area contributed by atoms with Crippen molar-refractivity contribution in [2.75, 3.05) is 10.6 Å². The molecule has 0 bridgehead atoms. The number of benzene rings is 2. The monoisotopic (exact) mass is 408 g/mol. The number of rotatable bonds is 5. The van der Waals surface area contributed by atoms with Crippen molar-refractivity contribution >= 4 is 39.9 Å². The molecule has 0 heterocycles. The first kappa shape index (κ1) is 16.8. The van der Waals surface area contributed by atoms with Crippen molar-refractivity contribution in [3.63, 3.8) is 0 Å². The van der Waals surface area contributed by atoms with E-state index in [0.29, 0.717) is 5.92 Å². The average Bonchev–Trinajstić information content (AvgIpc) is 2.47. The van der Waals surface area contributed by atoms with Gasteiger partial charge in [-0.2, -0.15) is 0 Å². The zero-order valence-electron chi connectivity index (χ0n) is 13.1. The van der Waals surface area contributed by atoms with Gasteiger partial charge in [0.2, 0.25) is 5.91 Å². The van der Waals surface area contributed by atoms with E-state index >= 15 is 0 Å². The molecule has 3 nitrogen and oxygen atoms in total. The topological polar surface area (TPSA) is 41.1 Å². The van der Waals surface area contributed by atoms with Crippen LogP contribution in [0.4, 0.5) is 11.4 Å². The first-order valence-electron chi connectivity index (χ1n) is 7.39. The van der Waals surface area contributed by atoms with Crippen molar-refractivity contribution in [3.8, 4) is 0 Å². The molecule has 0 saturated carbocycles. The maximum Gasteiger partial charge on any atom is 0.246 e. The van der Waals surface area contributed by atoms with E-state index in [2.05, 4.69) is 53.1 Å². The zero-order valence-corrected chi connectivity index (χ0v) is 15.2. The van der Waals surface area contributed by atoms with Gasteiger partial charge in [0, 0.05) is 14.9 Å². The van der Waals surface area contributed by atoms with Crippen LogP contribution in [-0.4, -0.2) is 11.9 Å². The van der Waals surface area contributed by atoms with Gasteiger partial charge in [-0.1, -0.05) is 38.1 Å². The van der Waals surface area contributed by atoms with Gasteiger partial charge < -0.3 is 10.6 Å². The largest absolute Gasteiger partial charge is 0.374 e. The Bertz CT molecular complexity index is 655. The number of para-hydroxylation sites is 1.